The van der Waals surface area contributed by atoms with Crippen LogP contribution in [-0.2, 0) is 17.9 Å². The Labute approximate surface area is 224 Å². The number of carbonyl (C=O) groups is 2. The molecule has 8 heteroatoms. The molecule has 1 aliphatic heterocycles. The summed E-state index contributed by atoms with van der Waals surface area (Å²) < 4.78 is 10.9. The van der Waals surface area contributed by atoms with E-state index in [1.54, 1.807) is 61.4 Å². The summed E-state index contributed by atoms with van der Waals surface area (Å²) in [4.78, 5) is 33.6. The zero-order valence-corrected chi connectivity index (χ0v) is 21.6. The molecule has 5 rings (SSSR count). The van der Waals surface area contributed by atoms with Crippen LogP contribution in [0.25, 0.3) is 11.1 Å². The Morgan fingerprint density at radius 3 is 2.41 bits per heavy atom. The fraction of sp³-hybridized carbons (Fsp3) is 0.138. The van der Waals surface area contributed by atoms with Crippen LogP contribution in [0.4, 0.5) is 5.69 Å². The van der Waals surface area contributed by atoms with Crippen molar-refractivity contribution < 1.29 is 19.1 Å². The molecule has 1 aromatic heterocycles. The largest absolute Gasteiger partial charge is 0.497 e. The molecule has 3 aromatic carbocycles. The number of ether oxygens (including phenoxy) is 2. The van der Waals surface area contributed by atoms with Crippen LogP contribution < -0.4 is 9.64 Å². The van der Waals surface area contributed by atoms with Crippen molar-refractivity contribution in [1.29, 1.82) is 0 Å². The number of nitrogens with zero attached hydrogens (tertiary/aromatic N) is 2. The van der Waals surface area contributed by atoms with E-state index in [1.807, 2.05) is 30.3 Å². The molecule has 0 N–H and O–H groups in total. The average molecular weight is 533 g/mol. The van der Waals surface area contributed by atoms with Crippen LogP contribution in [0.15, 0.2) is 72.8 Å². The summed E-state index contributed by atoms with van der Waals surface area (Å²) in [6.07, 6.45) is 0. The van der Waals surface area contributed by atoms with E-state index in [0.29, 0.717) is 49.6 Å². The molecule has 1 amide bonds. The third kappa shape index (κ3) is 4.78. The minimum atomic E-state index is -0.589. The molecule has 2 heterocycles. The van der Waals surface area contributed by atoms with Gasteiger partial charge in [-0.1, -0.05) is 59.6 Å². The van der Waals surface area contributed by atoms with Gasteiger partial charge in [0.05, 0.1) is 36.2 Å². The third-order valence-corrected chi connectivity index (χ3v) is 6.77. The number of hydrogen-bond donors (Lipinski definition) is 0. The summed E-state index contributed by atoms with van der Waals surface area (Å²) in [6, 6.07) is 21.5. The molecule has 0 aliphatic carbocycles. The van der Waals surface area contributed by atoms with Crippen LogP contribution in [0.1, 0.15) is 37.7 Å². The van der Waals surface area contributed by atoms with Crippen molar-refractivity contribution in [2.24, 2.45) is 0 Å². The van der Waals surface area contributed by atoms with Crippen molar-refractivity contribution in [1.82, 2.24) is 4.98 Å². The molecule has 0 atom stereocenters. The lowest BCUT2D eigenvalue weighted by atomic mass is 9.93. The fourth-order valence-corrected chi connectivity index (χ4v) is 4.95. The highest BCUT2D eigenvalue weighted by atomic mass is 35.5. The predicted octanol–water partition coefficient (Wildman–Crippen LogP) is 6.89. The van der Waals surface area contributed by atoms with E-state index >= 15 is 0 Å². The number of pyridine rings is 1. The number of methoxy groups -OCH3 is 1. The topological polar surface area (TPSA) is 68.7 Å². The van der Waals surface area contributed by atoms with Gasteiger partial charge in [0, 0.05) is 26.9 Å². The minimum Gasteiger partial charge on any atom is -0.497 e. The molecule has 186 valence electrons. The molecule has 6 nitrogen and oxygen atoms in total. The van der Waals surface area contributed by atoms with Gasteiger partial charge in [-0.15, -0.1) is 0 Å². The van der Waals surface area contributed by atoms with Crippen LogP contribution in [0.3, 0.4) is 0 Å². The molecule has 0 radical (unpaired) electrons. The molecular formula is C29H22Cl2N2O4. The predicted molar refractivity (Wildman–Crippen MR) is 143 cm³/mol. The first-order valence-electron chi connectivity index (χ1n) is 11.5. The van der Waals surface area contributed by atoms with Crippen molar-refractivity contribution in [2.45, 2.75) is 20.1 Å². The maximum absolute atomic E-state index is 13.8. The third-order valence-electron chi connectivity index (χ3n) is 6.22. The van der Waals surface area contributed by atoms with Crippen molar-refractivity contribution in [3.63, 3.8) is 0 Å². The molecule has 0 spiro atoms. The molecule has 0 saturated carbocycles. The zero-order chi connectivity index (χ0) is 26.1. The van der Waals surface area contributed by atoms with E-state index in [9.17, 15) is 9.59 Å². The first kappa shape index (κ1) is 24.8. The van der Waals surface area contributed by atoms with E-state index in [4.69, 9.17) is 32.7 Å². The Hall–Kier alpha value is -3.87. The van der Waals surface area contributed by atoms with Gasteiger partial charge < -0.3 is 14.4 Å². The van der Waals surface area contributed by atoms with Gasteiger partial charge in [-0.05, 0) is 48.9 Å². The van der Waals surface area contributed by atoms with E-state index in [-0.39, 0.29) is 24.6 Å². The monoisotopic (exact) mass is 532 g/mol. The second-order valence-electron chi connectivity index (χ2n) is 8.54. The molecule has 0 bridgehead atoms. The first-order chi connectivity index (χ1) is 17.9. The highest BCUT2D eigenvalue weighted by Gasteiger charge is 2.37. The Bertz CT molecular complexity index is 1510. The van der Waals surface area contributed by atoms with Crippen molar-refractivity contribution in [2.75, 3.05) is 12.0 Å². The van der Waals surface area contributed by atoms with Gasteiger partial charge in [-0.3, -0.25) is 9.78 Å². The molecule has 0 fully saturated rings. The van der Waals surface area contributed by atoms with Crippen molar-refractivity contribution in [3.05, 3.63) is 111 Å². The van der Waals surface area contributed by atoms with E-state index in [2.05, 4.69) is 4.98 Å². The maximum Gasteiger partial charge on any atom is 0.340 e. The summed E-state index contributed by atoms with van der Waals surface area (Å²) in [7, 11) is 1.58. The summed E-state index contributed by atoms with van der Waals surface area (Å²) >= 11 is 12.8. The minimum absolute atomic E-state index is 0.0793. The second-order valence-corrected chi connectivity index (χ2v) is 9.39. The number of fused-ring (bicyclic) bond motifs is 1. The number of carbonyl (C=O) groups excluding carboxylic acids is 2. The van der Waals surface area contributed by atoms with Crippen LogP contribution in [-0.4, -0.2) is 24.0 Å². The van der Waals surface area contributed by atoms with Gasteiger partial charge >= 0.3 is 5.97 Å². The van der Waals surface area contributed by atoms with E-state index < -0.39 is 5.97 Å². The van der Waals surface area contributed by atoms with Crippen LogP contribution >= 0.6 is 23.2 Å². The van der Waals surface area contributed by atoms with Gasteiger partial charge in [-0.2, -0.15) is 0 Å². The van der Waals surface area contributed by atoms with Gasteiger partial charge in [0.1, 0.15) is 12.4 Å². The molecule has 1 aliphatic rings. The SMILES string of the molecule is COc1ccc(N2Cc3nc(C)c(C(=O)OCc4ccccc4)c(-c4ccc(Cl)cc4Cl)c3C2=O)cc1. The number of aryl methyl sites for hydroxylation is 1. The van der Waals surface area contributed by atoms with Crippen molar-refractivity contribution in [3.8, 4) is 16.9 Å². The Morgan fingerprint density at radius 1 is 1.00 bits per heavy atom. The van der Waals surface area contributed by atoms with Crippen LogP contribution in [0.2, 0.25) is 10.0 Å². The van der Waals surface area contributed by atoms with Gasteiger partial charge in [0.2, 0.25) is 0 Å². The lowest BCUT2D eigenvalue weighted by Crippen LogP contribution is -2.23. The first-order valence-corrected chi connectivity index (χ1v) is 12.3. The summed E-state index contributed by atoms with van der Waals surface area (Å²) in [5.74, 6) is -0.196. The molecule has 37 heavy (non-hydrogen) atoms. The number of esters is 1. The quantitative estimate of drug-likeness (QED) is 0.253. The number of rotatable bonds is 6. The average Bonchev–Trinajstić information content (AvgIpc) is 3.23. The molecular weight excluding hydrogens is 511 g/mol. The van der Waals surface area contributed by atoms with Crippen molar-refractivity contribution >= 4 is 40.8 Å². The fourth-order valence-electron chi connectivity index (χ4n) is 4.44. The lowest BCUT2D eigenvalue weighted by Gasteiger charge is -2.17. The van der Waals surface area contributed by atoms with Gasteiger partial charge in [0.25, 0.3) is 5.91 Å². The molecule has 0 saturated heterocycles. The van der Waals surface area contributed by atoms with E-state index in [1.165, 1.54) is 0 Å². The smallest absolute Gasteiger partial charge is 0.340 e. The summed E-state index contributed by atoms with van der Waals surface area (Å²) in [6.45, 7) is 2.06. The molecule has 0 unspecified atom stereocenters. The lowest BCUT2D eigenvalue weighted by molar-refractivity contribution is 0.0472. The second kappa shape index (κ2) is 10.2. The number of aromatic nitrogens is 1. The summed E-state index contributed by atoms with van der Waals surface area (Å²) in [5.41, 5.74) is 3.94. The Balaban J connectivity index is 1.62. The maximum atomic E-state index is 13.8. The Morgan fingerprint density at radius 2 is 1.73 bits per heavy atom. The van der Waals surface area contributed by atoms with Gasteiger partial charge in [-0.25, -0.2) is 4.79 Å². The normalized spacial score (nSPS) is 12.4. The number of amides is 1. The highest BCUT2D eigenvalue weighted by Crippen LogP contribution is 2.41. The number of benzene rings is 3. The highest BCUT2D eigenvalue weighted by molar-refractivity contribution is 6.37. The number of hydrogen-bond acceptors (Lipinski definition) is 5. The van der Waals surface area contributed by atoms with E-state index in [0.717, 1.165) is 5.56 Å². The standard InChI is InChI=1S/C29H22Cl2N2O4/c1-17-25(29(35)37-16-18-6-4-3-5-7-18)26(22-13-8-19(30)14-23(22)31)27-24(32-17)15-33(28(27)34)20-9-11-21(36-2)12-10-20/h3-14H,15-16H2,1-2H3. The number of halogens is 2. The van der Waals surface area contributed by atoms with Crippen LogP contribution in [0, 0.1) is 6.92 Å². The zero-order valence-electron chi connectivity index (χ0n) is 20.1. The van der Waals surface area contributed by atoms with Crippen LogP contribution in [0.5, 0.6) is 5.75 Å². The Kier molecular flexibility index (Phi) is 6.87. The summed E-state index contributed by atoms with van der Waals surface area (Å²) in [5, 5.41) is 0.753. The molecule has 4 aromatic rings. The number of anilines is 1. The van der Waals surface area contributed by atoms with Gasteiger partial charge in [0.15, 0.2) is 0 Å².